The quantitative estimate of drug-likeness (QED) is 0.732. The van der Waals surface area contributed by atoms with E-state index in [-0.39, 0.29) is 12.6 Å². The molecular weight excluding hydrogens is 178 g/mol. The molecule has 0 aromatic carbocycles. The molecule has 3 N–H and O–H groups in total. The summed E-state index contributed by atoms with van der Waals surface area (Å²) in [7, 11) is 0. The highest BCUT2D eigenvalue weighted by molar-refractivity contribution is 5.47. The van der Waals surface area contributed by atoms with Gasteiger partial charge < -0.3 is 10.8 Å². The normalized spacial score (nSPS) is 13.4. The monoisotopic (exact) mass is 191 g/mol. The number of aromatic nitrogens is 2. The van der Waals surface area contributed by atoms with Crippen LogP contribution in [0.5, 0.6) is 0 Å². The Morgan fingerprint density at radius 2 is 2.36 bits per heavy atom. The second kappa shape index (κ2) is 3.40. The van der Waals surface area contributed by atoms with Crippen molar-refractivity contribution >= 4 is 5.52 Å². The number of pyridine rings is 1. The highest BCUT2D eigenvalue weighted by Crippen LogP contribution is 2.15. The summed E-state index contributed by atoms with van der Waals surface area (Å²) in [6.07, 6.45) is 1.79. The second-order valence-corrected chi connectivity index (χ2v) is 3.31. The van der Waals surface area contributed by atoms with Crippen molar-refractivity contribution in [3.05, 3.63) is 35.9 Å². The molecule has 2 heterocycles. The summed E-state index contributed by atoms with van der Waals surface area (Å²) < 4.78 is 1.96. The molecule has 2 aromatic heterocycles. The van der Waals surface area contributed by atoms with Crippen molar-refractivity contribution in [2.45, 2.75) is 13.0 Å². The zero-order valence-corrected chi connectivity index (χ0v) is 8.01. The Kier molecular flexibility index (Phi) is 2.23. The number of aryl methyl sites for hydroxylation is 1. The minimum absolute atomic E-state index is 0.0588. The van der Waals surface area contributed by atoms with E-state index in [2.05, 4.69) is 4.98 Å². The van der Waals surface area contributed by atoms with Crippen LogP contribution < -0.4 is 5.73 Å². The maximum atomic E-state index is 9.02. The largest absolute Gasteiger partial charge is 0.394 e. The lowest BCUT2D eigenvalue weighted by Crippen LogP contribution is -2.18. The van der Waals surface area contributed by atoms with Crippen LogP contribution in [0.4, 0.5) is 0 Å². The number of aliphatic hydroxyl groups is 1. The molecule has 1 atom stereocenters. The lowest BCUT2D eigenvalue weighted by atomic mass is 10.2. The standard InChI is InChI=1S/C10H13N3O/c1-7-12-5-8-3-2-4-10(13(7)8)9(11)6-14/h2-5,9,14H,6,11H2,1H3. The van der Waals surface area contributed by atoms with Crippen LogP contribution in [0.3, 0.4) is 0 Å². The number of hydrogen-bond donors (Lipinski definition) is 2. The number of rotatable bonds is 2. The van der Waals surface area contributed by atoms with Crippen molar-refractivity contribution < 1.29 is 5.11 Å². The highest BCUT2D eigenvalue weighted by atomic mass is 16.3. The molecule has 4 heteroatoms. The number of nitrogens with two attached hydrogens (primary N) is 1. The van der Waals surface area contributed by atoms with Crippen molar-refractivity contribution in [3.63, 3.8) is 0 Å². The molecule has 1 unspecified atom stereocenters. The summed E-state index contributed by atoms with van der Waals surface area (Å²) >= 11 is 0. The number of hydrogen-bond acceptors (Lipinski definition) is 3. The van der Waals surface area contributed by atoms with Crippen molar-refractivity contribution in [2.75, 3.05) is 6.61 Å². The summed E-state index contributed by atoms with van der Waals surface area (Å²) in [4.78, 5) is 4.20. The lowest BCUT2D eigenvalue weighted by molar-refractivity contribution is 0.265. The molecule has 14 heavy (non-hydrogen) atoms. The summed E-state index contributed by atoms with van der Waals surface area (Å²) in [5, 5.41) is 9.02. The molecule has 2 rings (SSSR count). The fourth-order valence-electron chi connectivity index (χ4n) is 1.62. The van der Waals surface area contributed by atoms with Crippen LogP contribution in [0.25, 0.3) is 5.52 Å². The predicted octanol–water partition coefficient (Wildman–Crippen LogP) is 0.635. The first kappa shape index (κ1) is 9.18. The Morgan fingerprint density at radius 3 is 3.07 bits per heavy atom. The van der Waals surface area contributed by atoms with E-state index in [4.69, 9.17) is 10.8 Å². The van der Waals surface area contributed by atoms with Gasteiger partial charge in [-0.05, 0) is 19.1 Å². The molecule has 74 valence electrons. The molecular formula is C10H13N3O. The highest BCUT2D eigenvalue weighted by Gasteiger charge is 2.10. The molecule has 0 aliphatic rings. The van der Waals surface area contributed by atoms with Crippen molar-refractivity contribution in [3.8, 4) is 0 Å². The molecule has 0 saturated carbocycles. The van der Waals surface area contributed by atoms with E-state index in [0.29, 0.717) is 0 Å². The zero-order chi connectivity index (χ0) is 10.1. The molecule has 0 saturated heterocycles. The van der Waals surface area contributed by atoms with Gasteiger partial charge in [0.25, 0.3) is 0 Å². The lowest BCUT2D eigenvalue weighted by Gasteiger charge is -2.12. The molecule has 0 spiro atoms. The Bertz CT molecular complexity index is 450. The first-order chi connectivity index (χ1) is 6.74. The van der Waals surface area contributed by atoms with Crippen LogP contribution in [0.2, 0.25) is 0 Å². The fraction of sp³-hybridized carbons (Fsp3) is 0.300. The molecule has 0 fully saturated rings. The van der Waals surface area contributed by atoms with Gasteiger partial charge in [-0.25, -0.2) is 4.98 Å². The van der Waals surface area contributed by atoms with E-state index in [9.17, 15) is 0 Å². The average Bonchev–Trinajstić information content (AvgIpc) is 2.59. The third kappa shape index (κ3) is 1.29. The molecule has 0 aliphatic heterocycles. The number of fused-ring (bicyclic) bond motifs is 1. The van der Waals surface area contributed by atoms with E-state index in [1.807, 2.05) is 29.5 Å². The maximum Gasteiger partial charge on any atom is 0.110 e. The van der Waals surface area contributed by atoms with Crippen LogP contribution in [0.15, 0.2) is 24.4 Å². The van der Waals surface area contributed by atoms with Crippen LogP contribution in [0, 0.1) is 6.92 Å². The van der Waals surface area contributed by atoms with Crippen LogP contribution in [0.1, 0.15) is 17.6 Å². The van der Waals surface area contributed by atoms with E-state index in [1.165, 1.54) is 0 Å². The molecule has 0 bridgehead atoms. The minimum Gasteiger partial charge on any atom is -0.394 e. The van der Waals surface area contributed by atoms with Gasteiger partial charge in [0.15, 0.2) is 0 Å². The number of nitrogens with zero attached hydrogens (tertiary/aromatic N) is 2. The summed E-state index contributed by atoms with van der Waals surface area (Å²) in [5.74, 6) is 0.888. The minimum atomic E-state index is -0.355. The van der Waals surface area contributed by atoms with Crippen LogP contribution >= 0.6 is 0 Å². The topological polar surface area (TPSA) is 63.5 Å². The van der Waals surface area contributed by atoms with Gasteiger partial charge >= 0.3 is 0 Å². The van der Waals surface area contributed by atoms with Crippen molar-refractivity contribution in [2.24, 2.45) is 5.73 Å². The second-order valence-electron chi connectivity index (χ2n) is 3.31. The Labute approximate surface area is 82.0 Å². The fourth-order valence-corrected chi connectivity index (χ4v) is 1.62. The van der Waals surface area contributed by atoms with Gasteiger partial charge in [-0.3, -0.25) is 4.40 Å². The average molecular weight is 191 g/mol. The van der Waals surface area contributed by atoms with Gasteiger partial charge in [0.05, 0.1) is 24.4 Å². The maximum absolute atomic E-state index is 9.02. The van der Waals surface area contributed by atoms with Gasteiger partial charge in [-0.2, -0.15) is 0 Å². The molecule has 0 aliphatic carbocycles. The molecule has 2 aromatic rings. The van der Waals surface area contributed by atoms with Crippen LogP contribution in [-0.2, 0) is 0 Å². The van der Waals surface area contributed by atoms with Crippen LogP contribution in [-0.4, -0.2) is 21.1 Å². The molecule has 0 radical (unpaired) electrons. The Balaban J connectivity index is 2.69. The van der Waals surface area contributed by atoms with Crippen molar-refractivity contribution in [1.29, 1.82) is 0 Å². The first-order valence-corrected chi connectivity index (χ1v) is 4.53. The zero-order valence-electron chi connectivity index (χ0n) is 8.01. The first-order valence-electron chi connectivity index (χ1n) is 4.53. The van der Waals surface area contributed by atoms with E-state index >= 15 is 0 Å². The number of imidazole rings is 1. The Hall–Kier alpha value is -1.39. The van der Waals surface area contributed by atoms with E-state index < -0.39 is 0 Å². The van der Waals surface area contributed by atoms with Gasteiger partial charge in [0.1, 0.15) is 5.82 Å². The summed E-state index contributed by atoms with van der Waals surface area (Å²) in [5.41, 5.74) is 7.68. The van der Waals surface area contributed by atoms with Gasteiger partial charge in [-0.15, -0.1) is 0 Å². The van der Waals surface area contributed by atoms with Crippen molar-refractivity contribution in [1.82, 2.24) is 9.38 Å². The third-order valence-electron chi connectivity index (χ3n) is 2.33. The molecule has 0 amide bonds. The molecule has 4 nitrogen and oxygen atoms in total. The Morgan fingerprint density at radius 1 is 1.57 bits per heavy atom. The third-order valence-corrected chi connectivity index (χ3v) is 2.33. The van der Waals surface area contributed by atoms with Gasteiger partial charge in [0.2, 0.25) is 0 Å². The van der Waals surface area contributed by atoms with E-state index in [0.717, 1.165) is 17.0 Å². The summed E-state index contributed by atoms with van der Waals surface area (Å²) in [6.45, 7) is 1.86. The van der Waals surface area contributed by atoms with Gasteiger partial charge in [0, 0.05) is 5.69 Å². The predicted molar refractivity (Wildman–Crippen MR) is 53.9 cm³/mol. The van der Waals surface area contributed by atoms with Gasteiger partial charge in [-0.1, -0.05) is 6.07 Å². The number of aliphatic hydroxyl groups excluding tert-OH is 1. The smallest absolute Gasteiger partial charge is 0.110 e. The van der Waals surface area contributed by atoms with E-state index in [1.54, 1.807) is 6.20 Å². The SMILES string of the molecule is Cc1ncc2cccc(C(N)CO)n12. The summed E-state index contributed by atoms with van der Waals surface area (Å²) in [6, 6.07) is 5.43.